The van der Waals surface area contributed by atoms with Crippen LogP contribution in [0.2, 0.25) is 0 Å². The summed E-state index contributed by atoms with van der Waals surface area (Å²) in [5, 5.41) is 21.0. The topological polar surface area (TPSA) is 112 Å². The van der Waals surface area contributed by atoms with E-state index >= 15 is 0 Å². The number of rotatable bonds is 0. The fourth-order valence-corrected chi connectivity index (χ4v) is 2.55. The molecule has 1 amide bonds. The average molecular weight is 278 g/mol. The zero-order chi connectivity index (χ0) is 15.0. The molecule has 0 aromatic heterocycles. The number of carbonyl (C=O) groups is 1. The van der Waals surface area contributed by atoms with Crippen molar-refractivity contribution in [2.24, 2.45) is 11.7 Å². The lowest BCUT2D eigenvalue weighted by atomic mass is 9.77. The molecule has 2 unspecified atom stereocenters. The van der Waals surface area contributed by atoms with Gasteiger partial charge in [0.25, 0.3) is 0 Å². The molecule has 2 heterocycles. The van der Waals surface area contributed by atoms with Gasteiger partial charge in [-0.05, 0) is 12.1 Å². The van der Waals surface area contributed by atoms with Crippen LogP contribution in [0.15, 0.2) is 41.7 Å². The van der Waals surface area contributed by atoms with Gasteiger partial charge in [-0.15, -0.1) is 0 Å². The van der Waals surface area contributed by atoms with Gasteiger partial charge < -0.3 is 15.8 Å². The fourth-order valence-electron chi connectivity index (χ4n) is 2.55. The number of nitrogens with two attached hydrogens (primary N) is 1. The highest BCUT2D eigenvalue weighted by molar-refractivity contribution is 5.89. The molecule has 6 heteroatoms. The first-order valence-electron chi connectivity index (χ1n) is 6.20. The van der Waals surface area contributed by atoms with Gasteiger partial charge in [0.15, 0.2) is 11.5 Å². The molecule has 0 bridgehead atoms. The molecule has 0 saturated heterocycles. The van der Waals surface area contributed by atoms with Gasteiger partial charge in [-0.1, -0.05) is 24.3 Å². The van der Waals surface area contributed by atoms with Gasteiger partial charge in [0, 0.05) is 5.56 Å². The number of ether oxygens (including phenoxy) is 1. The summed E-state index contributed by atoms with van der Waals surface area (Å²) in [6.07, 6.45) is 3.28. The molecule has 0 saturated carbocycles. The Balaban J connectivity index is 2.23. The molecule has 1 aromatic rings. The van der Waals surface area contributed by atoms with Crippen LogP contribution in [0.4, 0.5) is 0 Å². The highest BCUT2D eigenvalue weighted by atomic mass is 16.5. The zero-order valence-corrected chi connectivity index (χ0v) is 10.8. The number of amides is 1. The van der Waals surface area contributed by atoms with Crippen molar-refractivity contribution < 1.29 is 9.53 Å². The smallest absolute Gasteiger partial charge is 0.247 e. The lowest BCUT2D eigenvalue weighted by Crippen LogP contribution is -2.56. The predicted molar refractivity (Wildman–Crippen MR) is 72.9 cm³/mol. The van der Waals surface area contributed by atoms with Gasteiger partial charge in [0.1, 0.15) is 23.2 Å². The van der Waals surface area contributed by atoms with Crippen molar-refractivity contribution in [2.75, 3.05) is 0 Å². The Hall–Kier alpha value is -3.25. The summed E-state index contributed by atoms with van der Waals surface area (Å²) in [6, 6.07) is 11.0. The minimum atomic E-state index is -1.48. The molecule has 3 rings (SSSR count). The van der Waals surface area contributed by atoms with Gasteiger partial charge in [0.2, 0.25) is 5.91 Å². The predicted octanol–water partition coefficient (Wildman–Crippen LogP) is 0.794. The van der Waals surface area contributed by atoms with E-state index in [2.05, 4.69) is 5.32 Å². The summed E-state index contributed by atoms with van der Waals surface area (Å²) in [5.41, 5.74) is 5.08. The number of carbonyl (C=O) groups excluding carboxylic acids is 1. The number of hydrogen-bond acceptors (Lipinski definition) is 5. The normalized spacial score (nSPS) is 26.4. The second-order valence-electron chi connectivity index (χ2n) is 4.72. The first-order chi connectivity index (χ1) is 10.1. The summed E-state index contributed by atoms with van der Waals surface area (Å²) in [5.74, 6) is -1.37. The van der Waals surface area contributed by atoms with Crippen molar-refractivity contribution in [2.45, 2.75) is 5.60 Å². The molecule has 3 N–H and O–H groups in total. The molecule has 2 aliphatic heterocycles. The van der Waals surface area contributed by atoms with E-state index in [1.54, 1.807) is 24.3 Å². The fraction of sp³-hybridized carbons (Fsp3) is 0.133. The van der Waals surface area contributed by atoms with E-state index < -0.39 is 17.4 Å². The summed E-state index contributed by atoms with van der Waals surface area (Å²) >= 11 is 0. The van der Waals surface area contributed by atoms with E-state index in [1.165, 1.54) is 0 Å². The van der Waals surface area contributed by atoms with Crippen molar-refractivity contribution in [1.29, 1.82) is 10.5 Å². The van der Waals surface area contributed by atoms with E-state index in [1.807, 2.05) is 24.3 Å². The van der Waals surface area contributed by atoms with Crippen LogP contribution in [0.25, 0.3) is 6.08 Å². The molecular formula is C15H10N4O2. The Labute approximate surface area is 120 Å². The number of benzene rings is 1. The molecule has 0 radical (unpaired) electrons. The van der Waals surface area contributed by atoms with Gasteiger partial charge in [-0.3, -0.25) is 4.79 Å². The molecule has 0 fully saturated rings. The van der Waals surface area contributed by atoms with Crippen molar-refractivity contribution in [1.82, 2.24) is 5.32 Å². The molecule has 2 atom stereocenters. The SMILES string of the molecule is N#CC1=C(N)NC(=O)C(C#N)C12C=Cc1ccccc1O2. The van der Waals surface area contributed by atoms with Crippen LogP contribution in [-0.2, 0) is 4.79 Å². The maximum atomic E-state index is 12.0. The number of nitriles is 2. The van der Waals surface area contributed by atoms with Gasteiger partial charge >= 0.3 is 0 Å². The molecule has 6 nitrogen and oxygen atoms in total. The number of para-hydroxylation sites is 1. The number of nitrogens with zero attached hydrogens (tertiary/aromatic N) is 2. The van der Waals surface area contributed by atoms with Crippen LogP contribution in [0, 0.1) is 28.6 Å². The number of nitrogens with one attached hydrogen (secondary N) is 1. The minimum Gasteiger partial charge on any atom is -0.475 e. The molecular weight excluding hydrogens is 268 g/mol. The standard InChI is InChI=1S/C15H10N4O2/c16-7-10-13(18)19-14(20)11(8-17)15(10)6-5-9-3-1-2-4-12(9)21-15/h1-6,11H,18H2,(H,19,20). The highest BCUT2D eigenvalue weighted by Crippen LogP contribution is 2.41. The lowest BCUT2D eigenvalue weighted by Gasteiger charge is -2.39. The van der Waals surface area contributed by atoms with Gasteiger partial charge in [-0.2, -0.15) is 10.5 Å². The van der Waals surface area contributed by atoms with Crippen LogP contribution in [0.5, 0.6) is 5.75 Å². The van der Waals surface area contributed by atoms with Crippen LogP contribution >= 0.6 is 0 Å². The van der Waals surface area contributed by atoms with E-state index in [4.69, 9.17) is 10.5 Å². The average Bonchev–Trinajstić information content (AvgIpc) is 2.47. The van der Waals surface area contributed by atoms with Gasteiger partial charge in [0.05, 0.1) is 6.07 Å². The molecule has 2 aliphatic rings. The Morgan fingerprint density at radius 3 is 2.81 bits per heavy atom. The van der Waals surface area contributed by atoms with E-state index in [9.17, 15) is 15.3 Å². The number of hydrogen-bond donors (Lipinski definition) is 2. The third-order valence-electron chi connectivity index (χ3n) is 3.56. The van der Waals surface area contributed by atoms with Gasteiger partial charge in [-0.25, -0.2) is 0 Å². The van der Waals surface area contributed by atoms with Crippen molar-refractivity contribution in [3.63, 3.8) is 0 Å². The maximum absolute atomic E-state index is 12.0. The summed E-state index contributed by atoms with van der Waals surface area (Å²) in [7, 11) is 0. The summed E-state index contributed by atoms with van der Waals surface area (Å²) < 4.78 is 5.88. The second kappa shape index (κ2) is 4.39. The summed E-state index contributed by atoms with van der Waals surface area (Å²) in [6.45, 7) is 0. The second-order valence-corrected chi connectivity index (χ2v) is 4.72. The third-order valence-corrected chi connectivity index (χ3v) is 3.56. The minimum absolute atomic E-state index is 0.0272. The number of fused-ring (bicyclic) bond motifs is 1. The lowest BCUT2D eigenvalue weighted by molar-refractivity contribution is -0.127. The molecule has 1 spiro atoms. The Kier molecular flexibility index (Phi) is 2.67. The van der Waals surface area contributed by atoms with Crippen molar-refractivity contribution >= 4 is 12.0 Å². The Morgan fingerprint density at radius 1 is 1.33 bits per heavy atom. The van der Waals surface area contributed by atoms with Crippen LogP contribution in [0.1, 0.15) is 5.56 Å². The van der Waals surface area contributed by atoms with E-state index in [0.717, 1.165) is 5.56 Å². The Bertz CT molecular complexity index is 782. The largest absolute Gasteiger partial charge is 0.475 e. The van der Waals surface area contributed by atoms with Crippen LogP contribution in [0.3, 0.4) is 0 Å². The molecule has 1 aromatic carbocycles. The Morgan fingerprint density at radius 2 is 2.10 bits per heavy atom. The van der Waals surface area contributed by atoms with Crippen molar-refractivity contribution in [3.05, 3.63) is 47.3 Å². The highest BCUT2D eigenvalue weighted by Gasteiger charge is 2.53. The molecule has 102 valence electrons. The van der Waals surface area contributed by atoms with Crippen LogP contribution < -0.4 is 15.8 Å². The first kappa shape index (κ1) is 12.8. The quantitative estimate of drug-likeness (QED) is 0.728. The first-order valence-corrected chi connectivity index (χ1v) is 6.20. The van der Waals surface area contributed by atoms with E-state index in [0.29, 0.717) is 5.75 Å². The van der Waals surface area contributed by atoms with E-state index in [-0.39, 0.29) is 11.4 Å². The summed E-state index contributed by atoms with van der Waals surface area (Å²) in [4.78, 5) is 12.0. The molecule has 21 heavy (non-hydrogen) atoms. The monoisotopic (exact) mass is 278 g/mol. The maximum Gasteiger partial charge on any atom is 0.247 e. The molecule has 0 aliphatic carbocycles. The van der Waals surface area contributed by atoms with Crippen molar-refractivity contribution in [3.8, 4) is 17.9 Å². The zero-order valence-electron chi connectivity index (χ0n) is 10.8. The third kappa shape index (κ3) is 1.67. The van der Waals surface area contributed by atoms with Crippen LogP contribution in [-0.4, -0.2) is 11.5 Å².